The van der Waals surface area contributed by atoms with Crippen LogP contribution in [0.5, 0.6) is 0 Å². The van der Waals surface area contributed by atoms with Crippen molar-refractivity contribution in [2.24, 2.45) is 4.99 Å². The Hall–Kier alpha value is -2.95. The van der Waals surface area contributed by atoms with Crippen LogP contribution in [0.1, 0.15) is 29.7 Å². The highest BCUT2D eigenvalue weighted by Crippen LogP contribution is 2.31. The van der Waals surface area contributed by atoms with Gasteiger partial charge in [0.1, 0.15) is 12.1 Å². The van der Waals surface area contributed by atoms with Crippen LogP contribution in [0, 0.1) is 0 Å². The van der Waals surface area contributed by atoms with E-state index >= 15 is 0 Å². The first-order chi connectivity index (χ1) is 15.2. The van der Waals surface area contributed by atoms with E-state index < -0.39 is 0 Å². The predicted octanol–water partition coefficient (Wildman–Crippen LogP) is 5.26. The van der Waals surface area contributed by atoms with Gasteiger partial charge in [-0.15, -0.1) is 0 Å². The van der Waals surface area contributed by atoms with Crippen LogP contribution in [-0.2, 0) is 22.6 Å². The van der Waals surface area contributed by atoms with Gasteiger partial charge in [-0.2, -0.15) is 0 Å². The van der Waals surface area contributed by atoms with Crippen LogP contribution in [0.25, 0.3) is 0 Å². The molecule has 0 spiro atoms. The highest BCUT2D eigenvalue weighted by Gasteiger charge is 2.36. The molecule has 1 aliphatic rings. The number of hydrogen-bond acceptors (Lipinski definition) is 4. The van der Waals surface area contributed by atoms with Gasteiger partial charge < -0.3 is 9.47 Å². The van der Waals surface area contributed by atoms with Crippen LogP contribution < -0.4 is 0 Å². The predicted molar refractivity (Wildman–Crippen MR) is 125 cm³/mol. The summed E-state index contributed by atoms with van der Waals surface area (Å²) in [7, 11) is 1.72. The average molecular weight is 415 g/mol. The fourth-order valence-electron chi connectivity index (χ4n) is 4.03. The summed E-state index contributed by atoms with van der Waals surface area (Å²) in [5.74, 6) is 0.780. The first kappa shape index (κ1) is 21.3. The van der Waals surface area contributed by atoms with Gasteiger partial charge in [-0.1, -0.05) is 91.0 Å². The first-order valence-electron chi connectivity index (χ1n) is 10.8. The summed E-state index contributed by atoms with van der Waals surface area (Å²) in [6.07, 6.45) is -0.117. The molecule has 4 rings (SSSR count). The van der Waals surface area contributed by atoms with Crippen molar-refractivity contribution < 1.29 is 9.47 Å². The van der Waals surface area contributed by atoms with Gasteiger partial charge in [-0.3, -0.25) is 4.90 Å². The van der Waals surface area contributed by atoms with E-state index in [1.54, 1.807) is 7.11 Å². The van der Waals surface area contributed by atoms with E-state index in [9.17, 15) is 0 Å². The van der Waals surface area contributed by atoms with Gasteiger partial charge in [-0.05, 0) is 23.6 Å². The molecule has 1 aliphatic heterocycles. The number of ether oxygens (including phenoxy) is 2. The zero-order valence-electron chi connectivity index (χ0n) is 18.2. The lowest BCUT2D eigenvalue weighted by atomic mass is 10.0. The van der Waals surface area contributed by atoms with Crippen LogP contribution >= 0.6 is 0 Å². The van der Waals surface area contributed by atoms with Crippen molar-refractivity contribution in [3.8, 4) is 0 Å². The van der Waals surface area contributed by atoms with Gasteiger partial charge in [0.05, 0.1) is 12.6 Å². The van der Waals surface area contributed by atoms with Crippen molar-refractivity contribution in [1.82, 2.24) is 4.90 Å². The summed E-state index contributed by atoms with van der Waals surface area (Å²) >= 11 is 0. The topological polar surface area (TPSA) is 34.1 Å². The third-order valence-corrected chi connectivity index (χ3v) is 5.72. The number of nitrogens with zero attached hydrogens (tertiary/aromatic N) is 2. The lowest BCUT2D eigenvalue weighted by molar-refractivity contribution is 0.111. The molecule has 3 atom stereocenters. The maximum atomic E-state index is 6.46. The van der Waals surface area contributed by atoms with Crippen molar-refractivity contribution in [2.75, 3.05) is 13.7 Å². The minimum absolute atomic E-state index is 0.0356. The Morgan fingerprint density at radius 3 is 1.87 bits per heavy atom. The van der Waals surface area contributed by atoms with Crippen molar-refractivity contribution in [2.45, 2.75) is 38.2 Å². The molecule has 0 saturated carbocycles. The van der Waals surface area contributed by atoms with Gasteiger partial charge in [0.15, 0.2) is 0 Å². The monoisotopic (exact) mass is 414 g/mol. The van der Waals surface area contributed by atoms with Crippen molar-refractivity contribution in [1.29, 1.82) is 0 Å². The lowest BCUT2D eigenvalue weighted by Crippen LogP contribution is -2.38. The minimum atomic E-state index is -0.117. The second-order valence-corrected chi connectivity index (χ2v) is 7.99. The SMILES string of the molecule is COC[C@@H]1N=C(C(C)N(Cc2ccccc2)Cc2ccccc2)O[C@H]1c1ccccc1. The van der Waals surface area contributed by atoms with E-state index in [1.807, 2.05) is 18.2 Å². The fraction of sp³-hybridized carbons (Fsp3) is 0.296. The van der Waals surface area contributed by atoms with Crippen molar-refractivity contribution in [3.05, 3.63) is 108 Å². The Morgan fingerprint density at radius 1 is 0.839 bits per heavy atom. The zero-order chi connectivity index (χ0) is 21.5. The molecule has 1 unspecified atom stereocenters. The van der Waals surface area contributed by atoms with Crippen LogP contribution in [0.2, 0.25) is 0 Å². The van der Waals surface area contributed by atoms with E-state index in [4.69, 9.17) is 14.5 Å². The Kier molecular flexibility index (Phi) is 7.13. The molecule has 3 aromatic carbocycles. The molecule has 4 nitrogen and oxygen atoms in total. The maximum absolute atomic E-state index is 6.46. The molecule has 0 amide bonds. The Balaban J connectivity index is 1.57. The van der Waals surface area contributed by atoms with Gasteiger partial charge in [0.25, 0.3) is 0 Å². The Morgan fingerprint density at radius 2 is 1.35 bits per heavy atom. The molecule has 160 valence electrons. The van der Waals surface area contributed by atoms with E-state index in [-0.39, 0.29) is 18.2 Å². The average Bonchev–Trinajstić information content (AvgIpc) is 3.24. The van der Waals surface area contributed by atoms with Crippen LogP contribution in [-0.4, -0.2) is 36.6 Å². The highest BCUT2D eigenvalue weighted by atomic mass is 16.5. The van der Waals surface area contributed by atoms with E-state index in [0.717, 1.165) is 24.6 Å². The first-order valence-corrected chi connectivity index (χ1v) is 10.8. The Bertz CT molecular complexity index is 919. The molecular weight excluding hydrogens is 384 g/mol. The molecule has 3 aromatic rings. The Labute approximate surface area is 185 Å². The highest BCUT2D eigenvalue weighted by molar-refractivity contribution is 5.83. The van der Waals surface area contributed by atoms with Gasteiger partial charge in [0, 0.05) is 20.2 Å². The zero-order valence-corrected chi connectivity index (χ0v) is 18.2. The number of methoxy groups -OCH3 is 1. The standard InChI is InChI=1S/C27H30N2O2/c1-21(27-28-25(20-30-2)26(31-27)24-16-10-5-11-17-24)29(18-22-12-6-3-7-13-22)19-23-14-8-4-9-15-23/h3-17,21,25-26H,18-20H2,1-2H3/t21?,25-,26-/m0/s1. The van der Waals surface area contributed by atoms with Crippen molar-refractivity contribution >= 4 is 5.90 Å². The molecule has 31 heavy (non-hydrogen) atoms. The molecule has 0 bridgehead atoms. The summed E-state index contributed by atoms with van der Waals surface area (Å²) in [5, 5.41) is 0. The number of hydrogen-bond donors (Lipinski definition) is 0. The van der Waals surface area contributed by atoms with E-state index in [0.29, 0.717) is 6.61 Å². The summed E-state index contributed by atoms with van der Waals surface area (Å²) < 4.78 is 11.9. The van der Waals surface area contributed by atoms with E-state index in [2.05, 4.69) is 84.6 Å². The quantitative estimate of drug-likeness (QED) is 0.479. The van der Waals surface area contributed by atoms with E-state index in [1.165, 1.54) is 11.1 Å². The van der Waals surface area contributed by atoms with Crippen LogP contribution in [0.3, 0.4) is 0 Å². The molecule has 0 radical (unpaired) electrons. The normalized spacial score (nSPS) is 19.1. The largest absolute Gasteiger partial charge is 0.469 e. The van der Waals surface area contributed by atoms with Gasteiger partial charge >= 0.3 is 0 Å². The summed E-state index contributed by atoms with van der Waals surface area (Å²) in [4.78, 5) is 7.38. The smallest absolute Gasteiger partial charge is 0.202 e. The number of aliphatic imine (C=N–C) groups is 1. The second-order valence-electron chi connectivity index (χ2n) is 7.99. The maximum Gasteiger partial charge on any atom is 0.202 e. The summed E-state index contributed by atoms with van der Waals surface area (Å²) in [6.45, 7) is 4.36. The second kappa shape index (κ2) is 10.4. The summed E-state index contributed by atoms with van der Waals surface area (Å²) in [6, 6.07) is 31.4. The molecular formula is C27H30N2O2. The molecule has 1 heterocycles. The fourth-order valence-corrected chi connectivity index (χ4v) is 4.03. The lowest BCUT2D eigenvalue weighted by Gasteiger charge is -2.29. The third kappa shape index (κ3) is 5.40. The van der Waals surface area contributed by atoms with Crippen LogP contribution in [0.4, 0.5) is 0 Å². The van der Waals surface area contributed by atoms with Gasteiger partial charge in [0.2, 0.25) is 5.90 Å². The summed E-state index contributed by atoms with van der Waals surface area (Å²) in [5.41, 5.74) is 3.68. The third-order valence-electron chi connectivity index (χ3n) is 5.72. The van der Waals surface area contributed by atoms with Gasteiger partial charge in [-0.25, -0.2) is 4.99 Å². The number of rotatable bonds is 9. The van der Waals surface area contributed by atoms with Crippen LogP contribution in [0.15, 0.2) is 96.0 Å². The molecule has 0 fully saturated rings. The minimum Gasteiger partial charge on any atom is -0.469 e. The molecule has 4 heteroatoms. The van der Waals surface area contributed by atoms with Crippen molar-refractivity contribution in [3.63, 3.8) is 0 Å². The molecule has 0 aliphatic carbocycles. The molecule has 0 aromatic heterocycles. The molecule has 0 N–H and O–H groups in total. The molecule has 0 saturated heterocycles. The number of benzene rings is 3.